The first-order valence-electron chi connectivity index (χ1n) is 6.30. The third kappa shape index (κ3) is 3.82. The summed E-state index contributed by atoms with van der Waals surface area (Å²) in [5.41, 5.74) is 0.941. The summed E-state index contributed by atoms with van der Waals surface area (Å²) in [5.74, 6) is -0.473. The van der Waals surface area contributed by atoms with E-state index in [9.17, 15) is 14.7 Å². The molecule has 1 heterocycles. The molecule has 3 N–H and O–H groups in total. The number of benzene rings is 1. The minimum absolute atomic E-state index is 0.0225. The minimum Gasteiger partial charge on any atom is -0.493 e. The molecular weight excluding hydrogens is 272 g/mol. The zero-order valence-corrected chi connectivity index (χ0v) is 11.8. The van der Waals surface area contributed by atoms with Crippen LogP contribution in [0, 0.1) is 0 Å². The Bertz CT molecular complexity index is 709. The maximum Gasteiger partial charge on any atom is 0.254 e. The van der Waals surface area contributed by atoms with Crippen LogP contribution >= 0.6 is 0 Å². The van der Waals surface area contributed by atoms with Gasteiger partial charge in [-0.2, -0.15) is 4.98 Å². The molecule has 7 heteroatoms. The lowest BCUT2D eigenvalue weighted by molar-refractivity contribution is 0.0949. The van der Waals surface area contributed by atoms with Gasteiger partial charge < -0.3 is 20.3 Å². The van der Waals surface area contributed by atoms with E-state index in [1.165, 1.54) is 0 Å². The molecule has 0 radical (unpaired) electrons. The molecule has 0 saturated carbocycles. The molecule has 1 aromatic carbocycles. The molecule has 0 bridgehead atoms. The van der Waals surface area contributed by atoms with Crippen molar-refractivity contribution in [1.82, 2.24) is 15.3 Å². The summed E-state index contributed by atoms with van der Waals surface area (Å²) in [6, 6.07) is 8.10. The highest BCUT2D eigenvalue weighted by molar-refractivity contribution is 5.95. The minimum atomic E-state index is -0.471. The summed E-state index contributed by atoms with van der Waals surface area (Å²) in [5, 5.41) is 11.9. The number of aromatic amines is 1. The van der Waals surface area contributed by atoms with E-state index in [0.717, 1.165) is 11.8 Å². The molecule has 1 aromatic heterocycles. The largest absolute Gasteiger partial charge is 0.493 e. The Balaban J connectivity index is 2.08. The highest BCUT2D eigenvalue weighted by Crippen LogP contribution is 2.13. The van der Waals surface area contributed by atoms with Gasteiger partial charge in [-0.25, -0.2) is 0 Å². The predicted octanol–water partition coefficient (Wildman–Crippen LogP) is 0.471. The van der Waals surface area contributed by atoms with Crippen LogP contribution in [-0.2, 0) is 6.54 Å². The smallest absolute Gasteiger partial charge is 0.254 e. The van der Waals surface area contributed by atoms with E-state index in [1.807, 2.05) is 25.1 Å². The van der Waals surface area contributed by atoms with Gasteiger partial charge in [-0.15, -0.1) is 0 Å². The lowest BCUT2D eigenvalue weighted by atomic mass is 10.2. The summed E-state index contributed by atoms with van der Waals surface area (Å²) in [4.78, 5) is 31.3. The molecule has 0 atom stereocenters. The van der Waals surface area contributed by atoms with Gasteiger partial charge in [0.2, 0.25) is 5.88 Å². The first-order chi connectivity index (χ1) is 9.95. The van der Waals surface area contributed by atoms with E-state index in [0.29, 0.717) is 5.56 Å². The highest BCUT2D eigenvalue weighted by atomic mass is 16.3. The lowest BCUT2D eigenvalue weighted by Crippen LogP contribution is -2.25. The van der Waals surface area contributed by atoms with Gasteiger partial charge in [-0.1, -0.05) is 6.07 Å². The molecule has 0 unspecified atom stereocenters. The molecule has 110 valence electrons. The second-order valence-electron chi connectivity index (χ2n) is 4.68. The van der Waals surface area contributed by atoms with E-state index in [1.54, 1.807) is 18.2 Å². The van der Waals surface area contributed by atoms with Crippen molar-refractivity contribution >= 4 is 11.6 Å². The van der Waals surface area contributed by atoms with Crippen molar-refractivity contribution in [3.05, 3.63) is 52.1 Å². The van der Waals surface area contributed by atoms with Crippen LogP contribution in [0.3, 0.4) is 0 Å². The first kappa shape index (κ1) is 14.6. The SMILES string of the molecule is CN(C)c1cccc(C(=O)NCc2nc(O)cc(=O)[nH]2)c1. The number of amides is 1. The number of hydrogen-bond acceptors (Lipinski definition) is 5. The molecule has 0 aliphatic rings. The average Bonchev–Trinajstić information content (AvgIpc) is 2.44. The fourth-order valence-electron chi connectivity index (χ4n) is 1.77. The standard InChI is InChI=1S/C14H16N4O3/c1-18(2)10-5-3-4-9(6-10)14(21)15-8-11-16-12(19)7-13(20)17-11/h3-7H,8H2,1-2H3,(H,15,21)(H2,16,17,19,20). The van der Waals surface area contributed by atoms with Gasteiger partial charge >= 0.3 is 0 Å². The van der Waals surface area contributed by atoms with Crippen molar-refractivity contribution in [1.29, 1.82) is 0 Å². The van der Waals surface area contributed by atoms with Gasteiger partial charge in [-0.3, -0.25) is 9.59 Å². The van der Waals surface area contributed by atoms with Crippen LogP contribution in [-0.4, -0.2) is 35.1 Å². The second-order valence-corrected chi connectivity index (χ2v) is 4.68. The summed E-state index contributed by atoms with van der Waals surface area (Å²) >= 11 is 0. The number of H-pyrrole nitrogens is 1. The zero-order chi connectivity index (χ0) is 15.4. The monoisotopic (exact) mass is 288 g/mol. The number of rotatable bonds is 4. The Morgan fingerprint density at radius 3 is 2.81 bits per heavy atom. The van der Waals surface area contributed by atoms with E-state index < -0.39 is 5.56 Å². The van der Waals surface area contributed by atoms with Crippen molar-refractivity contribution in [3.8, 4) is 5.88 Å². The molecule has 0 aliphatic heterocycles. The molecule has 2 aromatic rings. The van der Waals surface area contributed by atoms with Crippen molar-refractivity contribution in [3.63, 3.8) is 0 Å². The van der Waals surface area contributed by atoms with Gasteiger partial charge in [0.15, 0.2) is 0 Å². The highest BCUT2D eigenvalue weighted by Gasteiger charge is 2.08. The van der Waals surface area contributed by atoms with Gasteiger partial charge in [0.05, 0.1) is 12.6 Å². The van der Waals surface area contributed by atoms with Crippen LogP contribution in [0.2, 0.25) is 0 Å². The fraction of sp³-hybridized carbons (Fsp3) is 0.214. The number of nitrogens with zero attached hydrogens (tertiary/aromatic N) is 2. The van der Waals surface area contributed by atoms with Gasteiger partial charge in [-0.05, 0) is 18.2 Å². The molecule has 0 fully saturated rings. The Morgan fingerprint density at radius 1 is 1.38 bits per heavy atom. The van der Waals surface area contributed by atoms with Crippen LogP contribution in [0.4, 0.5) is 5.69 Å². The fourth-order valence-corrected chi connectivity index (χ4v) is 1.77. The maximum absolute atomic E-state index is 12.1. The van der Waals surface area contributed by atoms with Gasteiger partial charge in [0.1, 0.15) is 5.82 Å². The Hall–Kier alpha value is -2.83. The lowest BCUT2D eigenvalue weighted by Gasteiger charge is -2.13. The molecule has 21 heavy (non-hydrogen) atoms. The summed E-state index contributed by atoms with van der Waals surface area (Å²) in [6.45, 7) is 0.0225. The number of carbonyl (C=O) groups excluding carboxylic acids is 1. The average molecular weight is 288 g/mol. The molecule has 0 spiro atoms. The molecule has 2 rings (SSSR count). The maximum atomic E-state index is 12.1. The Morgan fingerprint density at radius 2 is 2.14 bits per heavy atom. The van der Waals surface area contributed by atoms with Crippen molar-refractivity contribution in [2.24, 2.45) is 0 Å². The number of aromatic nitrogens is 2. The zero-order valence-electron chi connectivity index (χ0n) is 11.8. The third-order valence-corrected chi connectivity index (χ3v) is 2.82. The van der Waals surface area contributed by atoms with Crippen molar-refractivity contribution in [2.75, 3.05) is 19.0 Å². The van der Waals surface area contributed by atoms with Crippen molar-refractivity contribution < 1.29 is 9.90 Å². The quantitative estimate of drug-likeness (QED) is 0.759. The third-order valence-electron chi connectivity index (χ3n) is 2.82. The van der Waals surface area contributed by atoms with Gasteiger partial charge in [0, 0.05) is 25.3 Å². The van der Waals surface area contributed by atoms with Gasteiger partial charge in [0.25, 0.3) is 11.5 Å². The topological polar surface area (TPSA) is 98.3 Å². The first-order valence-corrected chi connectivity index (χ1v) is 6.30. The van der Waals surface area contributed by atoms with E-state index in [4.69, 9.17) is 0 Å². The van der Waals surface area contributed by atoms with E-state index in [-0.39, 0.29) is 24.2 Å². The number of aromatic hydroxyl groups is 1. The Labute approximate surface area is 121 Å². The summed E-state index contributed by atoms with van der Waals surface area (Å²) < 4.78 is 0. The molecular formula is C14H16N4O3. The van der Waals surface area contributed by atoms with Crippen LogP contribution in [0.5, 0.6) is 5.88 Å². The molecule has 1 amide bonds. The van der Waals surface area contributed by atoms with Crippen LogP contribution in [0.15, 0.2) is 35.1 Å². The number of hydrogen-bond donors (Lipinski definition) is 3. The predicted molar refractivity (Wildman–Crippen MR) is 78.5 cm³/mol. The molecule has 7 nitrogen and oxygen atoms in total. The Kier molecular flexibility index (Phi) is 4.22. The summed E-state index contributed by atoms with van der Waals surface area (Å²) in [7, 11) is 3.77. The van der Waals surface area contributed by atoms with E-state index in [2.05, 4.69) is 15.3 Å². The van der Waals surface area contributed by atoms with Crippen LogP contribution in [0.1, 0.15) is 16.2 Å². The van der Waals surface area contributed by atoms with Crippen molar-refractivity contribution in [2.45, 2.75) is 6.54 Å². The molecule has 0 aliphatic carbocycles. The van der Waals surface area contributed by atoms with E-state index >= 15 is 0 Å². The molecule has 0 saturated heterocycles. The normalized spacial score (nSPS) is 10.2. The number of anilines is 1. The van der Waals surface area contributed by atoms with Crippen LogP contribution in [0.25, 0.3) is 0 Å². The number of nitrogens with one attached hydrogen (secondary N) is 2. The second kappa shape index (κ2) is 6.08. The number of carbonyl (C=O) groups is 1. The van der Waals surface area contributed by atoms with Crippen LogP contribution < -0.4 is 15.8 Å². The summed E-state index contributed by atoms with van der Waals surface area (Å²) in [6.07, 6.45) is 0.